The van der Waals surface area contributed by atoms with E-state index in [4.69, 9.17) is 5.14 Å². The standard InChI is InChI=1S/C12H18FN3O2S/c13-11-8-10(19(14,17)18)4-5-12(11)16-7-1-6-15-9-2-3-9/h4-5,8-9,15-16H,1-3,6-7H2,(H2,14,17,18). The molecule has 0 heterocycles. The smallest absolute Gasteiger partial charge is 0.238 e. The quantitative estimate of drug-likeness (QED) is 0.654. The zero-order chi connectivity index (χ0) is 13.9. The largest absolute Gasteiger partial charge is 0.383 e. The van der Waals surface area contributed by atoms with E-state index in [2.05, 4.69) is 10.6 Å². The van der Waals surface area contributed by atoms with Gasteiger partial charge >= 0.3 is 0 Å². The maximum absolute atomic E-state index is 13.6. The van der Waals surface area contributed by atoms with Crippen LogP contribution in [0, 0.1) is 5.82 Å². The van der Waals surface area contributed by atoms with Crippen molar-refractivity contribution in [2.45, 2.75) is 30.2 Å². The summed E-state index contributed by atoms with van der Waals surface area (Å²) in [6.07, 6.45) is 3.38. The highest BCUT2D eigenvalue weighted by Crippen LogP contribution is 2.19. The van der Waals surface area contributed by atoms with Gasteiger partial charge < -0.3 is 10.6 Å². The molecule has 1 saturated carbocycles. The topological polar surface area (TPSA) is 84.2 Å². The molecule has 106 valence electrons. The molecule has 1 aromatic carbocycles. The fourth-order valence-corrected chi connectivity index (χ4v) is 2.25. The van der Waals surface area contributed by atoms with Crippen LogP contribution in [-0.2, 0) is 10.0 Å². The van der Waals surface area contributed by atoms with Gasteiger partial charge in [-0.15, -0.1) is 0 Å². The SMILES string of the molecule is NS(=O)(=O)c1ccc(NCCCNC2CC2)c(F)c1. The number of hydrogen-bond donors (Lipinski definition) is 3. The van der Waals surface area contributed by atoms with Crippen molar-refractivity contribution in [1.82, 2.24) is 5.32 Å². The summed E-state index contributed by atoms with van der Waals surface area (Å²) in [5.74, 6) is -0.610. The molecule has 19 heavy (non-hydrogen) atoms. The number of hydrogen-bond acceptors (Lipinski definition) is 4. The Balaban J connectivity index is 1.82. The summed E-state index contributed by atoms with van der Waals surface area (Å²) in [6, 6.07) is 4.29. The van der Waals surface area contributed by atoms with Gasteiger partial charge in [-0.05, 0) is 44.0 Å². The highest BCUT2D eigenvalue weighted by molar-refractivity contribution is 7.89. The Morgan fingerprint density at radius 2 is 2.05 bits per heavy atom. The van der Waals surface area contributed by atoms with Crippen LogP contribution in [0.2, 0.25) is 0 Å². The van der Waals surface area contributed by atoms with Gasteiger partial charge in [-0.1, -0.05) is 0 Å². The maximum Gasteiger partial charge on any atom is 0.238 e. The van der Waals surface area contributed by atoms with Gasteiger partial charge in [0.1, 0.15) is 5.82 Å². The van der Waals surface area contributed by atoms with Gasteiger partial charge in [0, 0.05) is 12.6 Å². The molecule has 2 rings (SSSR count). The molecule has 5 nitrogen and oxygen atoms in total. The molecule has 0 radical (unpaired) electrons. The summed E-state index contributed by atoms with van der Waals surface area (Å²) in [5, 5.41) is 11.2. The van der Waals surface area contributed by atoms with Gasteiger partial charge in [0.25, 0.3) is 0 Å². The molecule has 1 aliphatic carbocycles. The van der Waals surface area contributed by atoms with Gasteiger partial charge in [-0.3, -0.25) is 0 Å². The van der Waals surface area contributed by atoms with Crippen LogP contribution >= 0.6 is 0 Å². The number of halogens is 1. The Kier molecular flexibility index (Phi) is 4.38. The third kappa shape index (κ3) is 4.45. The lowest BCUT2D eigenvalue weighted by molar-refractivity contribution is 0.592. The average molecular weight is 287 g/mol. The second-order valence-electron chi connectivity index (χ2n) is 4.70. The number of benzene rings is 1. The van der Waals surface area contributed by atoms with E-state index in [0.717, 1.165) is 19.0 Å². The van der Waals surface area contributed by atoms with Crippen LogP contribution in [0.1, 0.15) is 19.3 Å². The fraction of sp³-hybridized carbons (Fsp3) is 0.500. The van der Waals surface area contributed by atoms with Crippen LogP contribution < -0.4 is 15.8 Å². The Hall–Kier alpha value is -1.18. The van der Waals surface area contributed by atoms with Crippen molar-refractivity contribution in [3.05, 3.63) is 24.0 Å². The maximum atomic E-state index is 13.6. The molecule has 0 saturated heterocycles. The molecule has 1 fully saturated rings. The second-order valence-corrected chi connectivity index (χ2v) is 6.26. The fourth-order valence-electron chi connectivity index (χ4n) is 1.72. The zero-order valence-electron chi connectivity index (χ0n) is 10.5. The van der Waals surface area contributed by atoms with Crippen LogP contribution in [-0.4, -0.2) is 27.5 Å². The van der Waals surface area contributed by atoms with Crippen molar-refractivity contribution < 1.29 is 12.8 Å². The second kappa shape index (κ2) is 5.85. The summed E-state index contributed by atoms with van der Waals surface area (Å²) in [5.41, 5.74) is 0.291. The molecule has 7 heteroatoms. The van der Waals surface area contributed by atoms with Crippen LogP contribution in [0.4, 0.5) is 10.1 Å². The minimum absolute atomic E-state index is 0.217. The van der Waals surface area contributed by atoms with Crippen LogP contribution in [0.15, 0.2) is 23.1 Å². The normalized spacial score (nSPS) is 15.5. The molecule has 1 aromatic rings. The summed E-state index contributed by atoms with van der Waals surface area (Å²) in [6.45, 7) is 1.53. The summed E-state index contributed by atoms with van der Waals surface area (Å²) >= 11 is 0. The summed E-state index contributed by atoms with van der Waals surface area (Å²) < 4.78 is 35.7. The first kappa shape index (κ1) is 14.2. The molecule has 0 bridgehead atoms. The van der Waals surface area contributed by atoms with Crippen molar-refractivity contribution >= 4 is 15.7 Å². The van der Waals surface area contributed by atoms with Gasteiger partial charge in [0.05, 0.1) is 10.6 Å². The van der Waals surface area contributed by atoms with E-state index in [9.17, 15) is 12.8 Å². The number of nitrogens with two attached hydrogens (primary N) is 1. The molecule has 0 spiro atoms. The van der Waals surface area contributed by atoms with E-state index < -0.39 is 15.8 Å². The molecule has 0 unspecified atom stereocenters. The lowest BCUT2D eigenvalue weighted by Gasteiger charge is -2.09. The molecular formula is C12H18FN3O2S. The van der Waals surface area contributed by atoms with Gasteiger partial charge in [-0.25, -0.2) is 17.9 Å². The van der Waals surface area contributed by atoms with Crippen molar-refractivity contribution in [2.75, 3.05) is 18.4 Å². The van der Waals surface area contributed by atoms with Gasteiger partial charge in [0.2, 0.25) is 10.0 Å². The number of sulfonamides is 1. The van der Waals surface area contributed by atoms with Gasteiger partial charge in [0.15, 0.2) is 0 Å². The van der Waals surface area contributed by atoms with Crippen LogP contribution in [0.3, 0.4) is 0 Å². The van der Waals surface area contributed by atoms with Crippen molar-refractivity contribution in [1.29, 1.82) is 0 Å². The molecule has 0 aromatic heterocycles. The predicted molar refractivity (Wildman–Crippen MR) is 71.9 cm³/mol. The first-order valence-electron chi connectivity index (χ1n) is 6.26. The van der Waals surface area contributed by atoms with E-state index >= 15 is 0 Å². The molecule has 0 atom stereocenters. The third-order valence-electron chi connectivity index (χ3n) is 2.95. The highest BCUT2D eigenvalue weighted by atomic mass is 32.2. The van der Waals surface area contributed by atoms with E-state index in [0.29, 0.717) is 18.3 Å². The van der Waals surface area contributed by atoms with Crippen molar-refractivity contribution in [3.8, 4) is 0 Å². The molecule has 4 N–H and O–H groups in total. The average Bonchev–Trinajstić information content (AvgIpc) is 3.13. The summed E-state index contributed by atoms with van der Waals surface area (Å²) in [7, 11) is -3.85. The van der Waals surface area contributed by atoms with Crippen molar-refractivity contribution in [3.63, 3.8) is 0 Å². The van der Waals surface area contributed by atoms with Crippen molar-refractivity contribution in [2.24, 2.45) is 5.14 Å². The first-order valence-corrected chi connectivity index (χ1v) is 7.81. The van der Waals surface area contributed by atoms with Gasteiger partial charge in [-0.2, -0.15) is 0 Å². The number of anilines is 1. The van der Waals surface area contributed by atoms with E-state index in [1.807, 2.05) is 0 Å². The minimum Gasteiger partial charge on any atom is -0.383 e. The lowest BCUT2D eigenvalue weighted by atomic mass is 10.3. The molecular weight excluding hydrogens is 269 g/mol. The Labute approximate surface area is 112 Å². The predicted octanol–water partition coefficient (Wildman–Crippen LogP) is 1.03. The summed E-state index contributed by atoms with van der Waals surface area (Å²) in [4.78, 5) is -0.217. The molecule has 0 aliphatic heterocycles. The Morgan fingerprint density at radius 3 is 2.63 bits per heavy atom. The minimum atomic E-state index is -3.85. The number of primary sulfonamides is 1. The molecule has 0 amide bonds. The molecule has 1 aliphatic rings. The van der Waals surface area contributed by atoms with E-state index in [-0.39, 0.29) is 4.90 Å². The zero-order valence-corrected chi connectivity index (χ0v) is 11.3. The monoisotopic (exact) mass is 287 g/mol. The lowest BCUT2D eigenvalue weighted by Crippen LogP contribution is -2.20. The third-order valence-corrected chi connectivity index (χ3v) is 3.86. The number of nitrogens with one attached hydrogen (secondary N) is 2. The number of rotatable bonds is 7. The van der Waals surface area contributed by atoms with Crippen LogP contribution in [0.25, 0.3) is 0 Å². The van der Waals surface area contributed by atoms with Crippen LogP contribution in [0.5, 0.6) is 0 Å². The Bertz CT molecular complexity index is 544. The van der Waals surface area contributed by atoms with E-state index in [1.54, 1.807) is 0 Å². The highest BCUT2D eigenvalue weighted by Gasteiger charge is 2.19. The Morgan fingerprint density at radius 1 is 1.32 bits per heavy atom. The first-order chi connectivity index (χ1) is 8.97. The van der Waals surface area contributed by atoms with E-state index in [1.165, 1.54) is 25.0 Å².